The van der Waals surface area contributed by atoms with Gasteiger partial charge in [0.15, 0.2) is 0 Å². The van der Waals surface area contributed by atoms with Crippen LogP contribution in [0.5, 0.6) is 0 Å². The zero-order chi connectivity index (χ0) is 12.9. The average Bonchev–Trinajstić information content (AvgIpc) is 3.18. The monoisotopic (exact) mass is 369 g/mol. The predicted molar refractivity (Wildman–Crippen MR) is 76.6 cm³/mol. The molecule has 2 fully saturated rings. The van der Waals surface area contributed by atoms with E-state index in [1.807, 2.05) is 0 Å². The fraction of sp³-hybridized carbons (Fsp3) is 0.636. The van der Waals surface area contributed by atoms with Crippen molar-refractivity contribution >= 4 is 48.9 Å². The summed E-state index contributed by atoms with van der Waals surface area (Å²) in [5.41, 5.74) is 0. The van der Waals surface area contributed by atoms with Crippen LogP contribution >= 0.6 is 38.9 Å². The van der Waals surface area contributed by atoms with Crippen LogP contribution in [-0.2, 0) is 10.0 Å². The summed E-state index contributed by atoms with van der Waals surface area (Å²) >= 11 is 10.3. The number of nitrogens with one attached hydrogen (secondary N) is 1. The van der Waals surface area contributed by atoms with Crippen molar-refractivity contribution < 1.29 is 8.42 Å². The van der Waals surface area contributed by atoms with Gasteiger partial charge in [-0.25, -0.2) is 13.1 Å². The van der Waals surface area contributed by atoms with Crippen LogP contribution in [0.2, 0.25) is 5.02 Å². The molecule has 7 heteroatoms. The second-order valence-corrected chi connectivity index (χ2v) is 9.73. The highest BCUT2D eigenvalue weighted by Crippen LogP contribution is 2.45. The summed E-state index contributed by atoms with van der Waals surface area (Å²) in [5.74, 6) is 1.09. The van der Waals surface area contributed by atoms with E-state index in [0.29, 0.717) is 24.9 Å². The van der Waals surface area contributed by atoms with E-state index in [2.05, 4.69) is 20.7 Å². The first-order valence-electron chi connectivity index (χ1n) is 5.94. The van der Waals surface area contributed by atoms with E-state index < -0.39 is 10.0 Å². The lowest BCUT2D eigenvalue weighted by molar-refractivity contribution is 0.472. The van der Waals surface area contributed by atoms with E-state index >= 15 is 0 Å². The number of thiophene rings is 1. The summed E-state index contributed by atoms with van der Waals surface area (Å²) < 4.78 is 28.4. The highest BCUT2D eigenvalue weighted by Gasteiger charge is 2.43. The summed E-state index contributed by atoms with van der Waals surface area (Å²) in [6, 6.07) is 1.64. The largest absolute Gasteiger partial charge is 0.250 e. The summed E-state index contributed by atoms with van der Waals surface area (Å²) in [4.78, 5) is 0. The molecule has 0 spiro atoms. The minimum atomic E-state index is -3.42. The van der Waals surface area contributed by atoms with Gasteiger partial charge in [0.2, 0.25) is 10.0 Å². The Morgan fingerprint density at radius 1 is 1.33 bits per heavy atom. The van der Waals surface area contributed by atoms with Gasteiger partial charge in [-0.2, -0.15) is 0 Å². The van der Waals surface area contributed by atoms with Gasteiger partial charge in [0.05, 0.1) is 8.81 Å². The molecule has 0 aliphatic heterocycles. The lowest BCUT2D eigenvalue weighted by Gasteiger charge is -2.16. The second kappa shape index (κ2) is 4.74. The van der Waals surface area contributed by atoms with Crippen molar-refractivity contribution in [2.24, 2.45) is 11.8 Å². The molecule has 100 valence electrons. The third kappa shape index (κ3) is 2.77. The van der Waals surface area contributed by atoms with Gasteiger partial charge >= 0.3 is 0 Å². The van der Waals surface area contributed by atoms with Crippen LogP contribution in [0.25, 0.3) is 0 Å². The molecule has 2 aliphatic rings. The van der Waals surface area contributed by atoms with Crippen LogP contribution in [-0.4, -0.2) is 14.5 Å². The molecule has 2 saturated carbocycles. The zero-order valence-electron chi connectivity index (χ0n) is 9.53. The van der Waals surface area contributed by atoms with Crippen LogP contribution in [0.3, 0.4) is 0 Å². The topological polar surface area (TPSA) is 46.2 Å². The van der Waals surface area contributed by atoms with Crippen molar-refractivity contribution in [3.63, 3.8) is 0 Å². The van der Waals surface area contributed by atoms with Gasteiger partial charge < -0.3 is 0 Å². The molecule has 0 radical (unpaired) electrons. The summed E-state index contributed by atoms with van der Waals surface area (Å²) in [6.45, 7) is 0. The van der Waals surface area contributed by atoms with Gasteiger partial charge in [0.1, 0.15) is 4.21 Å². The smallest absolute Gasteiger partial charge is 0.207 e. The van der Waals surface area contributed by atoms with Crippen LogP contribution < -0.4 is 4.72 Å². The highest BCUT2D eigenvalue weighted by molar-refractivity contribution is 9.11. The van der Waals surface area contributed by atoms with Crippen LogP contribution in [0.1, 0.15) is 25.7 Å². The first-order chi connectivity index (χ1) is 8.47. The van der Waals surface area contributed by atoms with Crippen LogP contribution in [0.15, 0.2) is 14.1 Å². The molecule has 3 rings (SSSR count). The number of hydrogen-bond acceptors (Lipinski definition) is 3. The normalized spacial score (nSPS) is 20.6. The van der Waals surface area contributed by atoms with Crippen LogP contribution in [0.4, 0.5) is 0 Å². The molecule has 2 aliphatic carbocycles. The minimum Gasteiger partial charge on any atom is -0.207 e. The van der Waals surface area contributed by atoms with Crippen molar-refractivity contribution in [2.45, 2.75) is 35.9 Å². The quantitative estimate of drug-likeness (QED) is 0.860. The molecule has 1 aromatic rings. The number of sulfonamides is 1. The van der Waals surface area contributed by atoms with Crippen molar-refractivity contribution in [1.29, 1.82) is 0 Å². The third-order valence-corrected chi connectivity index (χ3v) is 7.85. The Kier molecular flexibility index (Phi) is 3.52. The van der Waals surface area contributed by atoms with Gasteiger partial charge in [0.25, 0.3) is 0 Å². The lowest BCUT2D eigenvalue weighted by atomic mass is 10.1. The number of rotatable bonds is 5. The lowest BCUT2D eigenvalue weighted by Crippen LogP contribution is -2.37. The van der Waals surface area contributed by atoms with Gasteiger partial charge in [-0.15, -0.1) is 11.3 Å². The maximum absolute atomic E-state index is 12.3. The molecule has 0 aromatic carbocycles. The van der Waals surface area contributed by atoms with E-state index in [0.717, 1.165) is 37.0 Å². The van der Waals surface area contributed by atoms with E-state index in [4.69, 9.17) is 11.6 Å². The third-order valence-electron chi connectivity index (χ3n) is 3.44. The van der Waals surface area contributed by atoms with Crippen molar-refractivity contribution in [3.05, 3.63) is 14.9 Å². The van der Waals surface area contributed by atoms with Crippen molar-refractivity contribution in [3.8, 4) is 0 Å². The SMILES string of the molecule is O=S(=O)(NC(C1CC1)C1CC1)c1cc(Cl)c(Br)s1. The zero-order valence-corrected chi connectivity index (χ0v) is 13.5. The molecule has 1 heterocycles. The second-order valence-electron chi connectivity index (χ2n) is 5.01. The molecule has 0 amide bonds. The molecule has 18 heavy (non-hydrogen) atoms. The molecular formula is C11H13BrClNO2S2. The average molecular weight is 371 g/mol. The Morgan fingerprint density at radius 2 is 1.89 bits per heavy atom. The fourth-order valence-corrected chi connectivity index (χ4v) is 5.97. The van der Waals surface area contributed by atoms with E-state index in [9.17, 15) is 8.42 Å². The summed E-state index contributed by atoms with van der Waals surface area (Å²) in [5, 5.41) is 0.453. The summed E-state index contributed by atoms with van der Waals surface area (Å²) in [6.07, 6.45) is 4.61. The highest BCUT2D eigenvalue weighted by atomic mass is 79.9. The number of halogens is 2. The van der Waals surface area contributed by atoms with Crippen molar-refractivity contribution in [2.75, 3.05) is 0 Å². The molecule has 0 bridgehead atoms. The van der Waals surface area contributed by atoms with Gasteiger partial charge in [-0.05, 0) is 59.5 Å². The first kappa shape index (κ1) is 13.4. The Labute approximate surface area is 124 Å². The molecule has 1 N–H and O–H groups in total. The predicted octanol–water partition coefficient (Wildman–Crippen LogP) is 3.63. The first-order valence-corrected chi connectivity index (χ1v) is 9.41. The van der Waals surface area contributed by atoms with Gasteiger partial charge in [0, 0.05) is 6.04 Å². The maximum atomic E-state index is 12.3. The Balaban J connectivity index is 1.81. The minimum absolute atomic E-state index is 0.134. The van der Waals surface area contributed by atoms with E-state index in [1.54, 1.807) is 0 Å². The Bertz CT molecular complexity index is 532. The molecular weight excluding hydrogens is 358 g/mol. The van der Waals surface area contributed by atoms with E-state index in [1.165, 1.54) is 6.07 Å². The molecule has 3 nitrogen and oxygen atoms in total. The van der Waals surface area contributed by atoms with Gasteiger partial charge in [-0.1, -0.05) is 11.6 Å². The van der Waals surface area contributed by atoms with E-state index in [-0.39, 0.29) is 6.04 Å². The van der Waals surface area contributed by atoms with Crippen molar-refractivity contribution in [1.82, 2.24) is 4.72 Å². The van der Waals surface area contributed by atoms with Gasteiger partial charge in [-0.3, -0.25) is 0 Å². The Morgan fingerprint density at radius 3 is 2.28 bits per heavy atom. The number of hydrogen-bond donors (Lipinski definition) is 1. The molecule has 0 unspecified atom stereocenters. The molecule has 0 atom stereocenters. The Hall–Kier alpha value is 0.380. The fourth-order valence-electron chi connectivity index (χ4n) is 2.18. The molecule has 1 aromatic heterocycles. The van der Waals surface area contributed by atoms with Crippen LogP contribution in [0, 0.1) is 11.8 Å². The molecule has 0 saturated heterocycles. The maximum Gasteiger partial charge on any atom is 0.250 e. The standard InChI is InChI=1S/C11H13BrClNO2S2/c12-11-8(13)5-9(17-11)18(15,16)14-10(6-1-2-6)7-3-4-7/h5-7,10,14H,1-4H2. The summed E-state index contributed by atoms with van der Waals surface area (Å²) in [7, 11) is -3.42.